The molecular weight excluding hydrogens is 134 g/mol. The molecule has 1 N–H and O–H groups in total. The molecule has 1 unspecified atom stereocenters. The molecule has 1 atom stereocenters. The van der Waals surface area contributed by atoms with E-state index in [0.29, 0.717) is 13.0 Å². The lowest BCUT2D eigenvalue weighted by Gasteiger charge is -2.01. The van der Waals surface area contributed by atoms with Crippen LogP contribution in [-0.4, -0.2) is 20.7 Å². The molecule has 52 valence electrons. The van der Waals surface area contributed by atoms with Gasteiger partial charge in [-0.2, -0.15) is 5.26 Å². The van der Waals surface area contributed by atoms with Crippen molar-refractivity contribution in [2.24, 2.45) is 0 Å². The zero-order valence-electron chi connectivity index (χ0n) is 5.50. The molecule has 0 aliphatic rings. The lowest BCUT2D eigenvalue weighted by Crippen LogP contribution is -2.12. The molecule has 0 fully saturated rings. The van der Waals surface area contributed by atoms with Gasteiger partial charge in [0.15, 0.2) is 0 Å². The molecule has 0 amide bonds. The van der Waals surface area contributed by atoms with Crippen molar-refractivity contribution in [1.82, 2.24) is 0 Å². The van der Waals surface area contributed by atoms with Crippen LogP contribution in [0.5, 0.6) is 0 Å². The third-order valence-corrected chi connectivity index (χ3v) is 1.51. The number of nitrogens with zero attached hydrogens (tertiary/aromatic N) is 1. The van der Waals surface area contributed by atoms with Crippen LogP contribution in [0.2, 0.25) is 6.55 Å². The summed E-state index contributed by atoms with van der Waals surface area (Å²) in [6, 6.07) is 2.00. The summed E-state index contributed by atoms with van der Waals surface area (Å²) >= 11 is 0. The van der Waals surface area contributed by atoms with Gasteiger partial charge in [0, 0.05) is 13.0 Å². The van der Waals surface area contributed by atoms with Gasteiger partial charge in [0.2, 0.25) is 0 Å². The van der Waals surface area contributed by atoms with Gasteiger partial charge in [-0.3, -0.25) is 0 Å². The number of hydrogen-bond donors (Lipinski definition) is 1. The summed E-state index contributed by atoms with van der Waals surface area (Å²) in [5.74, 6) is 0. The summed E-state index contributed by atoms with van der Waals surface area (Å²) in [6.07, 6.45) is 1.25. The Morgan fingerprint density at radius 3 is 2.89 bits per heavy atom. The molecule has 0 bridgehead atoms. The summed E-state index contributed by atoms with van der Waals surface area (Å²) in [5.41, 5.74) is 0. The SMILES string of the molecule is C[SiH](O)OCCCC#N. The van der Waals surface area contributed by atoms with E-state index in [1.54, 1.807) is 6.55 Å². The van der Waals surface area contributed by atoms with Gasteiger partial charge in [-0.15, -0.1) is 0 Å². The van der Waals surface area contributed by atoms with Crippen molar-refractivity contribution in [1.29, 1.82) is 5.26 Å². The van der Waals surface area contributed by atoms with Crippen molar-refractivity contribution in [3.63, 3.8) is 0 Å². The highest BCUT2D eigenvalue weighted by molar-refractivity contribution is 6.40. The summed E-state index contributed by atoms with van der Waals surface area (Å²) in [7, 11) is -1.82. The van der Waals surface area contributed by atoms with Crippen LogP contribution in [0.25, 0.3) is 0 Å². The Balaban J connectivity index is 2.85. The van der Waals surface area contributed by atoms with Crippen LogP contribution < -0.4 is 0 Å². The maximum Gasteiger partial charge on any atom is 0.315 e. The highest BCUT2D eigenvalue weighted by Gasteiger charge is 1.95. The van der Waals surface area contributed by atoms with Gasteiger partial charge in [-0.1, -0.05) is 0 Å². The van der Waals surface area contributed by atoms with Crippen molar-refractivity contribution >= 4 is 9.28 Å². The van der Waals surface area contributed by atoms with Crippen LogP contribution in [0.4, 0.5) is 0 Å². The van der Waals surface area contributed by atoms with Gasteiger partial charge < -0.3 is 9.22 Å². The van der Waals surface area contributed by atoms with E-state index in [9.17, 15) is 0 Å². The Morgan fingerprint density at radius 2 is 2.44 bits per heavy atom. The third kappa shape index (κ3) is 7.63. The van der Waals surface area contributed by atoms with E-state index in [0.717, 1.165) is 6.42 Å². The van der Waals surface area contributed by atoms with Gasteiger partial charge in [-0.05, 0) is 13.0 Å². The monoisotopic (exact) mass is 145 g/mol. The first-order valence-electron chi connectivity index (χ1n) is 2.94. The van der Waals surface area contributed by atoms with E-state index in [1.165, 1.54) is 0 Å². The molecule has 0 aliphatic heterocycles. The van der Waals surface area contributed by atoms with Gasteiger partial charge in [0.05, 0.1) is 6.07 Å². The predicted molar refractivity (Wildman–Crippen MR) is 36.0 cm³/mol. The van der Waals surface area contributed by atoms with Gasteiger partial charge >= 0.3 is 9.28 Å². The molecule has 0 aromatic carbocycles. The number of rotatable bonds is 4. The third-order valence-electron chi connectivity index (χ3n) is 0.792. The summed E-state index contributed by atoms with van der Waals surface area (Å²) < 4.78 is 4.89. The van der Waals surface area contributed by atoms with E-state index < -0.39 is 9.28 Å². The Labute approximate surface area is 56.7 Å². The van der Waals surface area contributed by atoms with Crippen LogP contribution in [-0.2, 0) is 4.43 Å². The molecule has 0 radical (unpaired) electrons. The van der Waals surface area contributed by atoms with Crippen LogP contribution in [0, 0.1) is 11.3 Å². The minimum absolute atomic E-state index is 0.515. The van der Waals surface area contributed by atoms with Gasteiger partial charge in [0.25, 0.3) is 0 Å². The van der Waals surface area contributed by atoms with E-state index in [2.05, 4.69) is 0 Å². The van der Waals surface area contributed by atoms with Crippen molar-refractivity contribution in [3.8, 4) is 6.07 Å². The second-order valence-corrected chi connectivity index (χ2v) is 3.26. The van der Waals surface area contributed by atoms with Crippen molar-refractivity contribution in [2.45, 2.75) is 19.4 Å². The molecular formula is C5H11NO2Si. The molecule has 9 heavy (non-hydrogen) atoms. The lowest BCUT2D eigenvalue weighted by molar-refractivity contribution is 0.261. The zero-order chi connectivity index (χ0) is 7.11. The maximum absolute atomic E-state index is 8.69. The van der Waals surface area contributed by atoms with E-state index in [-0.39, 0.29) is 0 Å². The van der Waals surface area contributed by atoms with Crippen molar-refractivity contribution in [3.05, 3.63) is 0 Å². The first-order chi connectivity index (χ1) is 4.27. The summed E-state index contributed by atoms with van der Waals surface area (Å²) in [6.45, 7) is 2.21. The average Bonchev–Trinajstić information content (AvgIpc) is 1.80. The number of unbranched alkanes of at least 4 members (excludes halogenated alkanes) is 1. The van der Waals surface area contributed by atoms with Crippen LogP contribution in [0.1, 0.15) is 12.8 Å². The van der Waals surface area contributed by atoms with Crippen LogP contribution in [0.15, 0.2) is 0 Å². The van der Waals surface area contributed by atoms with Gasteiger partial charge in [-0.25, -0.2) is 0 Å². The molecule has 4 heteroatoms. The highest BCUT2D eigenvalue weighted by Crippen LogP contribution is 1.88. The van der Waals surface area contributed by atoms with E-state index in [1.807, 2.05) is 6.07 Å². The van der Waals surface area contributed by atoms with E-state index in [4.69, 9.17) is 14.5 Å². The first kappa shape index (κ1) is 8.63. The minimum atomic E-state index is -1.82. The molecule has 0 aromatic heterocycles. The Kier molecular flexibility index (Phi) is 5.52. The second kappa shape index (κ2) is 5.76. The smallest absolute Gasteiger partial charge is 0.315 e. The molecule has 0 heterocycles. The fraction of sp³-hybridized carbons (Fsp3) is 0.800. The fourth-order valence-electron chi connectivity index (χ4n) is 0.405. The molecule has 3 nitrogen and oxygen atoms in total. The van der Waals surface area contributed by atoms with Crippen LogP contribution >= 0.6 is 0 Å². The largest absolute Gasteiger partial charge is 0.413 e. The Bertz CT molecular complexity index is 99.6. The normalized spacial score (nSPS) is 12.6. The summed E-state index contributed by atoms with van der Waals surface area (Å²) in [4.78, 5) is 8.69. The lowest BCUT2D eigenvalue weighted by atomic mass is 10.4. The quantitative estimate of drug-likeness (QED) is 0.452. The van der Waals surface area contributed by atoms with Crippen molar-refractivity contribution < 1.29 is 9.22 Å². The maximum atomic E-state index is 8.69. The molecule has 0 saturated heterocycles. The Morgan fingerprint density at radius 1 is 1.78 bits per heavy atom. The topological polar surface area (TPSA) is 53.2 Å². The minimum Gasteiger partial charge on any atom is -0.413 e. The van der Waals surface area contributed by atoms with E-state index >= 15 is 0 Å². The first-order valence-corrected chi connectivity index (χ1v) is 5.08. The molecule has 0 saturated carbocycles. The second-order valence-electron chi connectivity index (χ2n) is 1.73. The van der Waals surface area contributed by atoms with Gasteiger partial charge in [0.1, 0.15) is 0 Å². The number of nitriles is 1. The highest BCUT2D eigenvalue weighted by atomic mass is 28.3. The van der Waals surface area contributed by atoms with Crippen LogP contribution in [0.3, 0.4) is 0 Å². The zero-order valence-corrected chi connectivity index (χ0v) is 6.66. The predicted octanol–water partition coefficient (Wildman–Crippen LogP) is 0.149. The molecule has 0 aliphatic carbocycles. The average molecular weight is 145 g/mol. The standard InChI is InChI=1S/C5H11NO2Si/c1-9(7)8-5-3-2-4-6/h7,9H,2-3,5H2,1H3. The molecule has 0 aromatic rings. The summed E-state index contributed by atoms with van der Waals surface area (Å²) in [5, 5.41) is 8.07. The molecule has 0 spiro atoms. The fourth-order valence-corrected chi connectivity index (χ4v) is 0.913. The molecule has 0 rings (SSSR count). The van der Waals surface area contributed by atoms with Crippen molar-refractivity contribution in [2.75, 3.05) is 6.61 Å². The number of hydrogen-bond acceptors (Lipinski definition) is 3. The Hall–Kier alpha value is -0.373.